The molecule has 5 N–H and O–H groups in total. The van der Waals surface area contributed by atoms with Crippen molar-refractivity contribution >= 4 is 67.1 Å². The van der Waals surface area contributed by atoms with Crippen LogP contribution in [0, 0.1) is 0 Å². The Kier molecular flexibility index (Phi) is 16.8. The fraction of sp³-hybridized carbons (Fsp3) is 0.511. The number of rotatable bonds is 12. The summed E-state index contributed by atoms with van der Waals surface area (Å²) >= 11 is 0. The molecule has 4 fully saturated rings. The molecule has 10 rings (SSSR count). The Morgan fingerprint density at radius 1 is 0.676 bits per heavy atom. The molecule has 26 heteroatoms. The molecule has 2 saturated heterocycles. The van der Waals surface area contributed by atoms with Crippen LogP contribution in [0.5, 0.6) is 11.5 Å². The quantitative estimate of drug-likeness (QED) is 0.110. The number of anilines is 4. The van der Waals surface area contributed by atoms with E-state index in [4.69, 9.17) is 23.0 Å². The first-order valence-corrected chi connectivity index (χ1v) is 25.3. The van der Waals surface area contributed by atoms with Crippen molar-refractivity contribution in [1.82, 2.24) is 51.2 Å². The maximum absolute atomic E-state index is 11.8. The standard InChI is InChI=1S/C22H27N7O4.C13H20N4O4S.C10H11N3O3/c1-23-21(30)17-6-7-24-22(26-17)25-14-2-4-16(5-3-14)32-19-13-15(29-8-10-31-11-9-29)12-18-20(19)28-33-27-18;1-14-13(18)12-15-8-7-11(17-12)16-9-3-5-10(6-4-9)21-22(2,19)20;14-9-6-7(13-1-3-15-4-2-13)5-8-10(9)12-16-11-8/h6-7,12-14,16H,2-5,8-11H2,1H3,(H,23,30)(H,24,25,26);7-10H,3-6H2,1-2H3,(H,14,18)(H,15,16,17);5-6,14H,1-4H2. The van der Waals surface area contributed by atoms with E-state index in [0.717, 1.165) is 82.3 Å². The van der Waals surface area contributed by atoms with E-state index in [-0.39, 0.29) is 47.7 Å². The zero-order valence-electron chi connectivity index (χ0n) is 39.7. The first-order valence-electron chi connectivity index (χ1n) is 23.5. The molecule has 6 aromatic rings. The van der Waals surface area contributed by atoms with Crippen LogP contribution in [0.3, 0.4) is 0 Å². The van der Waals surface area contributed by atoms with Gasteiger partial charge in [0, 0.05) is 88.3 Å². The van der Waals surface area contributed by atoms with E-state index in [1.54, 1.807) is 31.4 Å². The molecule has 2 amide bonds. The van der Waals surface area contributed by atoms with Crippen molar-refractivity contribution in [3.05, 3.63) is 60.3 Å². The van der Waals surface area contributed by atoms with Gasteiger partial charge in [0.2, 0.25) is 11.8 Å². The third-order valence-electron chi connectivity index (χ3n) is 12.2. The summed E-state index contributed by atoms with van der Waals surface area (Å²) in [4.78, 5) is 44.3. The fourth-order valence-corrected chi connectivity index (χ4v) is 9.28. The number of aromatic hydroxyl groups is 1. The van der Waals surface area contributed by atoms with Crippen LogP contribution in [0.15, 0.2) is 58.0 Å². The molecule has 25 nitrogen and oxygen atoms in total. The molecule has 2 aliphatic carbocycles. The van der Waals surface area contributed by atoms with Crippen molar-refractivity contribution in [2.75, 3.05) is 93.4 Å². The lowest BCUT2D eigenvalue weighted by Gasteiger charge is -2.31. The molecule has 2 aliphatic heterocycles. The molecule has 0 spiro atoms. The highest BCUT2D eigenvalue weighted by Crippen LogP contribution is 2.34. The van der Waals surface area contributed by atoms with Crippen LogP contribution in [0.25, 0.3) is 22.1 Å². The maximum Gasteiger partial charge on any atom is 0.288 e. The summed E-state index contributed by atoms with van der Waals surface area (Å²) in [5, 5.41) is 36.8. The highest BCUT2D eigenvalue weighted by Gasteiger charge is 2.27. The molecule has 71 heavy (non-hydrogen) atoms. The topological polar surface area (TPSA) is 309 Å². The van der Waals surface area contributed by atoms with Crippen molar-refractivity contribution in [2.45, 2.75) is 75.7 Å². The Hall–Kier alpha value is -7.03. The normalized spacial score (nSPS) is 20.4. The van der Waals surface area contributed by atoms with E-state index in [0.29, 0.717) is 84.5 Å². The monoisotopic (exact) mass is 1000 g/mol. The number of phenols is 1. The molecular weight excluding hydrogens is 945 g/mol. The number of aromatic nitrogens is 8. The zero-order valence-corrected chi connectivity index (χ0v) is 40.5. The van der Waals surface area contributed by atoms with Crippen LogP contribution in [-0.4, -0.2) is 163 Å². The number of hydrogen-bond donors (Lipinski definition) is 5. The van der Waals surface area contributed by atoms with Gasteiger partial charge in [-0.2, -0.15) is 8.42 Å². The summed E-state index contributed by atoms with van der Waals surface area (Å²) in [5.41, 5.74) is 4.61. The van der Waals surface area contributed by atoms with Crippen LogP contribution in [0.4, 0.5) is 23.1 Å². The van der Waals surface area contributed by atoms with Crippen molar-refractivity contribution in [2.24, 2.45) is 0 Å². The third kappa shape index (κ3) is 13.9. The van der Waals surface area contributed by atoms with Gasteiger partial charge >= 0.3 is 0 Å². The first kappa shape index (κ1) is 50.4. The Bertz CT molecular complexity index is 2820. The number of fused-ring (bicyclic) bond motifs is 2. The van der Waals surface area contributed by atoms with Crippen molar-refractivity contribution < 1.29 is 50.8 Å². The van der Waals surface area contributed by atoms with Gasteiger partial charge in [-0.15, -0.1) is 0 Å². The van der Waals surface area contributed by atoms with Gasteiger partial charge in [-0.3, -0.25) is 13.8 Å². The number of nitrogens with zero attached hydrogens (tertiary/aromatic N) is 10. The first-order chi connectivity index (χ1) is 34.4. The molecule has 380 valence electrons. The van der Waals surface area contributed by atoms with E-state index in [1.165, 1.54) is 13.2 Å². The molecule has 4 aliphatic rings. The van der Waals surface area contributed by atoms with Crippen LogP contribution >= 0.6 is 0 Å². The minimum Gasteiger partial charge on any atom is -0.505 e. The summed E-state index contributed by atoms with van der Waals surface area (Å²) in [6, 6.07) is 11.2. The number of carbonyl (C=O) groups is 2. The second-order valence-electron chi connectivity index (χ2n) is 17.2. The summed E-state index contributed by atoms with van der Waals surface area (Å²) in [6.45, 7) is 6.11. The van der Waals surface area contributed by atoms with Gasteiger partial charge in [0.15, 0.2) is 16.8 Å². The van der Waals surface area contributed by atoms with Crippen molar-refractivity contribution in [3.63, 3.8) is 0 Å². The van der Waals surface area contributed by atoms with Crippen LogP contribution in [0.1, 0.15) is 72.5 Å². The maximum atomic E-state index is 11.8. The average Bonchev–Trinajstić information content (AvgIpc) is 4.09. The lowest BCUT2D eigenvalue weighted by Crippen LogP contribution is -2.36. The summed E-state index contributed by atoms with van der Waals surface area (Å²) in [6.07, 6.45) is 10.5. The minimum atomic E-state index is -3.40. The summed E-state index contributed by atoms with van der Waals surface area (Å²) in [5.74, 6) is 1.39. The summed E-state index contributed by atoms with van der Waals surface area (Å²) in [7, 11) is -0.299. The zero-order chi connectivity index (χ0) is 49.7. The van der Waals surface area contributed by atoms with Crippen LogP contribution in [0.2, 0.25) is 0 Å². The van der Waals surface area contributed by atoms with Crippen LogP contribution < -0.4 is 35.8 Å². The molecule has 0 bridgehead atoms. The number of nitrogens with one attached hydrogen (secondary N) is 4. The number of hydrogen-bond acceptors (Lipinski definition) is 23. The molecule has 0 radical (unpaired) electrons. The Labute approximate surface area is 408 Å². The molecular formula is C45H58N14O11S. The van der Waals surface area contributed by atoms with E-state index < -0.39 is 10.1 Å². The largest absolute Gasteiger partial charge is 0.505 e. The Morgan fingerprint density at radius 3 is 1.86 bits per heavy atom. The molecule has 6 heterocycles. The predicted octanol–water partition coefficient (Wildman–Crippen LogP) is 3.31. The van der Waals surface area contributed by atoms with Gasteiger partial charge in [-0.05, 0) is 96.3 Å². The summed E-state index contributed by atoms with van der Waals surface area (Å²) < 4.78 is 53.9. The Balaban J connectivity index is 0.000000153. The molecule has 2 saturated carbocycles. The van der Waals surface area contributed by atoms with Gasteiger partial charge < -0.3 is 50.4 Å². The SMILES string of the molecule is CNC(=O)c1ccnc(NC2CCC(Oc3cc(N4CCOCC4)cc4nonc34)CC2)n1.CNC(=O)c1nccc(NC2CCC(OS(C)(=O)=O)CC2)n1.Oc1cc(N2CCOCC2)cc2nonc12. The van der Waals surface area contributed by atoms with Gasteiger partial charge in [0.05, 0.1) is 44.9 Å². The number of amides is 2. The molecule has 4 aromatic heterocycles. The highest BCUT2D eigenvalue weighted by atomic mass is 32.2. The van der Waals surface area contributed by atoms with E-state index in [2.05, 4.69) is 76.3 Å². The second kappa shape index (κ2) is 23.7. The lowest BCUT2D eigenvalue weighted by atomic mass is 9.93. The smallest absolute Gasteiger partial charge is 0.288 e. The number of phenolic OH excluding ortho intramolecular Hbond substituents is 1. The van der Waals surface area contributed by atoms with Gasteiger partial charge in [0.25, 0.3) is 21.9 Å². The van der Waals surface area contributed by atoms with Crippen molar-refractivity contribution in [1.29, 1.82) is 0 Å². The molecule has 2 aromatic carbocycles. The Morgan fingerprint density at radius 2 is 1.24 bits per heavy atom. The number of benzene rings is 2. The average molecular weight is 1000 g/mol. The van der Waals surface area contributed by atoms with Gasteiger partial charge in [0.1, 0.15) is 28.3 Å². The van der Waals surface area contributed by atoms with Gasteiger partial charge in [-0.25, -0.2) is 29.2 Å². The highest BCUT2D eigenvalue weighted by molar-refractivity contribution is 7.86. The predicted molar refractivity (Wildman–Crippen MR) is 258 cm³/mol. The van der Waals surface area contributed by atoms with E-state index >= 15 is 0 Å². The van der Waals surface area contributed by atoms with E-state index in [9.17, 15) is 23.1 Å². The third-order valence-corrected chi connectivity index (χ3v) is 12.8. The minimum absolute atomic E-state index is 0.0704. The number of carbonyl (C=O) groups excluding carboxylic acids is 2. The second-order valence-corrected chi connectivity index (χ2v) is 18.8. The van der Waals surface area contributed by atoms with Gasteiger partial charge in [-0.1, -0.05) is 0 Å². The number of ether oxygens (including phenoxy) is 3. The van der Waals surface area contributed by atoms with Crippen LogP contribution in [-0.2, 0) is 23.8 Å². The number of morpholine rings is 2. The molecule has 0 unspecified atom stereocenters. The lowest BCUT2D eigenvalue weighted by molar-refractivity contribution is 0.0947. The van der Waals surface area contributed by atoms with E-state index in [1.807, 2.05) is 18.2 Å². The molecule has 0 atom stereocenters. The fourth-order valence-electron chi connectivity index (χ4n) is 8.59. The van der Waals surface area contributed by atoms with Crippen molar-refractivity contribution in [3.8, 4) is 11.5 Å².